The molecular weight excluding hydrogens is 382 g/mol. The molecule has 8 heteroatoms. The molecule has 4 rings (SSSR count). The van der Waals surface area contributed by atoms with E-state index in [0.29, 0.717) is 43.1 Å². The zero-order chi connectivity index (χ0) is 21.3. The van der Waals surface area contributed by atoms with Crippen molar-refractivity contribution in [3.8, 4) is 5.75 Å². The fourth-order valence-electron chi connectivity index (χ4n) is 3.65. The fraction of sp³-hybridized carbons (Fsp3) is 0.364. The van der Waals surface area contributed by atoms with Crippen molar-refractivity contribution in [3.05, 3.63) is 53.9 Å². The molecular formula is C22H25N5O3. The predicted molar refractivity (Wildman–Crippen MR) is 113 cm³/mol. The summed E-state index contributed by atoms with van der Waals surface area (Å²) in [5.41, 5.74) is 1.93. The number of fused-ring (bicyclic) bond motifs is 1. The lowest BCUT2D eigenvalue weighted by atomic mass is 10.1. The second kappa shape index (κ2) is 8.14. The van der Waals surface area contributed by atoms with E-state index in [1.54, 1.807) is 53.6 Å². The van der Waals surface area contributed by atoms with Crippen LogP contribution in [0.2, 0.25) is 0 Å². The van der Waals surface area contributed by atoms with E-state index in [1.807, 2.05) is 24.6 Å². The fourth-order valence-corrected chi connectivity index (χ4v) is 3.65. The summed E-state index contributed by atoms with van der Waals surface area (Å²) in [7, 11) is 1.59. The smallest absolute Gasteiger partial charge is 0.255 e. The summed E-state index contributed by atoms with van der Waals surface area (Å²) in [5, 5.41) is 5.20. The number of amides is 2. The predicted octanol–water partition coefficient (Wildman–Crippen LogP) is 2.62. The van der Waals surface area contributed by atoms with Crippen LogP contribution in [0.15, 0.2) is 42.7 Å². The summed E-state index contributed by atoms with van der Waals surface area (Å²) in [4.78, 5) is 33.7. The van der Waals surface area contributed by atoms with E-state index >= 15 is 0 Å². The van der Waals surface area contributed by atoms with Gasteiger partial charge in [-0.1, -0.05) is 0 Å². The number of hydrogen-bond acceptors (Lipinski definition) is 5. The van der Waals surface area contributed by atoms with E-state index in [1.165, 1.54) is 0 Å². The average Bonchev–Trinajstić information content (AvgIpc) is 3.22. The Morgan fingerprint density at radius 3 is 2.10 bits per heavy atom. The van der Waals surface area contributed by atoms with Gasteiger partial charge in [-0.3, -0.25) is 9.59 Å². The van der Waals surface area contributed by atoms with Gasteiger partial charge in [0.2, 0.25) is 0 Å². The van der Waals surface area contributed by atoms with Crippen LogP contribution < -0.4 is 4.74 Å². The molecule has 3 heterocycles. The maximum atomic E-state index is 12.9. The van der Waals surface area contributed by atoms with Gasteiger partial charge in [-0.05, 0) is 44.2 Å². The molecule has 0 unspecified atom stereocenters. The highest BCUT2D eigenvalue weighted by atomic mass is 16.5. The molecule has 156 valence electrons. The number of carbonyl (C=O) groups excluding carboxylic acids is 2. The molecule has 0 spiro atoms. The van der Waals surface area contributed by atoms with Crippen molar-refractivity contribution >= 4 is 22.8 Å². The van der Waals surface area contributed by atoms with Gasteiger partial charge in [0, 0.05) is 49.4 Å². The van der Waals surface area contributed by atoms with Crippen molar-refractivity contribution < 1.29 is 14.3 Å². The first-order valence-corrected chi connectivity index (χ1v) is 10.0. The van der Waals surface area contributed by atoms with Gasteiger partial charge in [0.25, 0.3) is 11.8 Å². The van der Waals surface area contributed by atoms with Gasteiger partial charge in [0.15, 0.2) is 5.65 Å². The Kier molecular flexibility index (Phi) is 5.39. The monoisotopic (exact) mass is 407 g/mol. The van der Waals surface area contributed by atoms with Crippen molar-refractivity contribution in [3.63, 3.8) is 0 Å². The molecule has 30 heavy (non-hydrogen) atoms. The first-order chi connectivity index (χ1) is 14.5. The number of nitrogens with zero attached hydrogens (tertiary/aromatic N) is 5. The number of methoxy groups -OCH3 is 1. The SMILES string of the molecule is COc1ccc(C(=O)N2CCN(C(=O)c3cnc4c(cnn4C(C)C)c3)CC2)cc1. The first kappa shape index (κ1) is 19.9. The molecule has 0 bridgehead atoms. The summed E-state index contributed by atoms with van der Waals surface area (Å²) >= 11 is 0. The zero-order valence-electron chi connectivity index (χ0n) is 17.4. The molecule has 0 N–H and O–H groups in total. The topological polar surface area (TPSA) is 80.6 Å². The van der Waals surface area contributed by atoms with Gasteiger partial charge in [0.05, 0.1) is 18.9 Å². The van der Waals surface area contributed by atoms with Crippen LogP contribution in [0.4, 0.5) is 0 Å². The van der Waals surface area contributed by atoms with Crippen LogP contribution in [0.5, 0.6) is 5.75 Å². The summed E-state index contributed by atoms with van der Waals surface area (Å²) in [5.74, 6) is 0.610. The molecule has 1 aliphatic heterocycles. The maximum absolute atomic E-state index is 12.9. The summed E-state index contributed by atoms with van der Waals surface area (Å²) in [6.45, 7) is 6.06. The lowest BCUT2D eigenvalue weighted by Gasteiger charge is -2.34. The van der Waals surface area contributed by atoms with Crippen molar-refractivity contribution in [1.29, 1.82) is 0 Å². The van der Waals surface area contributed by atoms with Crippen LogP contribution in [-0.4, -0.2) is 69.7 Å². The van der Waals surface area contributed by atoms with Gasteiger partial charge in [-0.25, -0.2) is 9.67 Å². The first-order valence-electron chi connectivity index (χ1n) is 10.0. The summed E-state index contributed by atoms with van der Waals surface area (Å²) in [6.07, 6.45) is 3.35. The van der Waals surface area contributed by atoms with Crippen LogP contribution in [0.1, 0.15) is 40.6 Å². The minimum Gasteiger partial charge on any atom is -0.497 e. The highest BCUT2D eigenvalue weighted by Crippen LogP contribution is 2.19. The number of benzene rings is 1. The molecule has 8 nitrogen and oxygen atoms in total. The average molecular weight is 407 g/mol. The van der Waals surface area contributed by atoms with E-state index in [4.69, 9.17) is 4.74 Å². The van der Waals surface area contributed by atoms with Crippen molar-refractivity contribution in [2.24, 2.45) is 0 Å². The molecule has 1 saturated heterocycles. The standard InChI is InChI=1S/C22H25N5O3/c1-15(2)27-20-17(14-24-27)12-18(13-23-20)22(29)26-10-8-25(9-11-26)21(28)16-4-6-19(30-3)7-5-16/h4-7,12-15H,8-11H2,1-3H3. The maximum Gasteiger partial charge on any atom is 0.255 e. The van der Waals surface area contributed by atoms with E-state index < -0.39 is 0 Å². The molecule has 1 fully saturated rings. The highest BCUT2D eigenvalue weighted by Gasteiger charge is 2.26. The number of aromatic nitrogens is 3. The van der Waals surface area contributed by atoms with Crippen LogP contribution in [0.3, 0.4) is 0 Å². The molecule has 3 aromatic rings. The number of rotatable bonds is 4. The number of ether oxygens (including phenoxy) is 1. The van der Waals surface area contributed by atoms with Crippen molar-refractivity contribution in [2.75, 3.05) is 33.3 Å². The summed E-state index contributed by atoms with van der Waals surface area (Å²) in [6, 6.07) is 9.11. The van der Waals surface area contributed by atoms with Gasteiger partial charge in [-0.2, -0.15) is 5.10 Å². The third-order valence-electron chi connectivity index (χ3n) is 5.36. The molecule has 0 saturated carbocycles. The van der Waals surface area contributed by atoms with Crippen molar-refractivity contribution in [1.82, 2.24) is 24.6 Å². The Morgan fingerprint density at radius 1 is 0.933 bits per heavy atom. The normalized spacial score (nSPS) is 14.4. The van der Waals surface area contributed by atoms with E-state index in [-0.39, 0.29) is 17.9 Å². The Labute approximate surface area is 175 Å². The Hall–Kier alpha value is -3.42. The second-order valence-corrected chi connectivity index (χ2v) is 7.63. The second-order valence-electron chi connectivity index (χ2n) is 7.63. The largest absolute Gasteiger partial charge is 0.497 e. The van der Waals surface area contributed by atoms with Gasteiger partial charge < -0.3 is 14.5 Å². The molecule has 2 amide bonds. The number of piperazine rings is 1. The molecule has 0 atom stereocenters. The lowest BCUT2D eigenvalue weighted by Crippen LogP contribution is -2.50. The Bertz CT molecular complexity index is 1070. The van der Waals surface area contributed by atoms with Gasteiger partial charge in [-0.15, -0.1) is 0 Å². The van der Waals surface area contributed by atoms with Gasteiger partial charge in [0.1, 0.15) is 5.75 Å². The van der Waals surface area contributed by atoms with Crippen LogP contribution >= 0.6 is 0 Å². The molecule has 1 aromatic carbocycles. The van der Waals surface area contributed by atoms with Crippen LogP contribution in [-0.2, 0) is 0 Å². The molecule has 1 aliphatic rings. The molecule has 0 aliphatic carbocycles. The number of hydrogen-bond donors (Lipinski definition) is 0. The van der Waals surface area contributed by atoms with E-state index in [9.17, 15) is 9.59 Å². The number of pyridine rings is 1. The van der Waals surface area contributed by atoms with E-state index in [0.717, 1.165) is 11.0 Å². The molecule has 0 radical (unpaired) electrons. The summed E-state index contributed by atoms with van der Waals surface area (Å²) < 4.78 is 6.98. The third-order valence-corrected chi connectivity index (χ3v) is 5.36. The Morgan fingerprint density at radius 2 is 1.53 bits per heavy atom. The van der Waals surface area contributed by atoms with Crippen LogP contribution in [0, 0.1) is 0 Å². The van der Waals surface area contributed by atoms with Crippen LogP contribution in [0.25, 0.3) is 11.0 Å². The minimum atomic E-state index is -0.0711. The number of carbonyl (C=O) groups is 2. The van der Waals surface area contributed by atoms with E-state index in [2.05, 4.69) is 10.1 Å². The lowest BCUT2D eigenvalue weighted by molar-refractivity contribution is 0.0535. The Balaban J connectivity index is 1.41. The molecule has 2 aromatic heterocycles. The quantitative estimate of drug-likeness (QED) is 0.664. The minimum absolute atomic E-state index is 0.0334. The van der Waals surface area contributed by atoms with Crippen molar-refractivity contribution in [2.45, 2.75) is 19.9 Å². The highest BCUT2D eigenvalue weighted by molar-refractivity contribution is 5.97. The third kappa shape index (κ3) is 3.72. The van der Waals surface area contributed by atoms with Gasteiger partial charge >= 0.3 is 0 Å². The zero-order valence-corrected chi connectivity index (χ0v) is 17.4.